The highest BCUT2D eigenvalue weighted by Gasteiger charge is 2.27. The molecular formula is C18H22ClN5O2. The lowest BCUT2D eigenvalue weighted by molar-refractivity contribution is 0.0601. The van der Waals surface area contributed by atoms with Crippen LogP contribution in [-0.2, 0) is 4.74 Å². The van der Waals surface area contributed by atoms with E-state index in [1.807, 2.05) is 19.2 Å². The van der Waals surface area contributed by atoms with Crippen LogP contribution < -0.4 is 15.1 Å². The van der Waals surface area contributed by atoms with E-state index in [1.165, 1.54) is 13.4 Å². The van der Waals surface area contributed by atoms with Crippen LogP contribution in [0.4, 0.5) is 17.2 Å². The summed E-state index contributed by atoms with van der Waals surface area (Å²) in [4.78, 5) is 24.6. The quantitative estimate of drug-likeness (QED) is 0.650. The summed E-state index contributed by atoms with van der Waals surface area (Å²) in [5.41, 5.74) is 2.38. The Kier molecular flexibility index (Phi) is 5.46. The molecule has 1 aliphatic heterocycles. The minimum Gasteiger partial charge on any atom is -0.465 e. The van der Waals surface area contributed by atoms with Crippen molar-refractivity contribution in [1.82, 2.24) is 9.97 Å². The van der Waals surface area contributed by atoms with Gasteiger partial charge in [0.25, 0.3) is 0 Å². The fourth-order valence-electron chi connectivity index (χ4n) is 3.22. The maximum atomic E-state index is 11.6. The number of aromatic nitrogens is 2. The van der Waals surface area contributed by atoms with Gasteiger partial charge in [0.15, 0.2) is 11.0 Å². The monoisotopic (exact) mass is 375 g/mol. The summed E-state index contributed by atoms with van der Waals surface area (Å²) in [7, 11) is 3.20. The van der Waals surface area contributed by atoms with Gasteiger partial charge in [-0.15, -0.1) is 0 Å². The Morgan fingerprint density at radius 2 is 2.00 bits per heavy atom. The molecule has 1 aromatic carbocycles. The Morgan fingerprint density at radius 3 is 2.62 bits per heavy atom. The van der Waals surface area contributed by atoms with Gasteiger partial charge in [-0.05, 0) is 31.2 Å². The summed E-state index contributed by atoms with van der Waals surface area (Å²) in [6, 6.07) is 7.73. The van der Waals surface area contributed by atoms with Gasteiger partial charge >= 0.3 is 5.97 Å². The number of hydrogen-bond acceptors (Lipinski definition) is 7. The molecule has 2 heterocycles. The van der Waals surface area contributed by atoms with Gasteiger partial charge in [0.2, 0.25) is 0 Å². The predicted molar refractivity (Wildman–Crippen MR) is 103 cm³/mol. The van der Waals surface area contributed by atoms with E-state index in [2.05, 4.69) is 32.0 Å². The van der Waals surface area contributed by atoms with Gasteiger partial charge in [0.05, 0.1) is 12.7 Å². The molecule has 0 spiro atoms. The summed E-state index contributed by atoms with van der Waals surface area (Å²) in [6.07, 6.45) is 1.49. The Bertz CT molecular complexity index is 784. The van der Waals surface area contributed by atoms with E-state index in [0.717, 1.165) is 36.8 Å². The number of carbonyl (C=O) groups is 1. The average Bonchev–Trinajstić information content (AvgIpc) is 2.67. The molecule has 1 aliphatic rings. The van der Waals surface area contributed by atoms with Gasteiger partial charge in [-0.1, -0.05) is 11.6 Å². The highest BCUT2D eigenvalue weighted by atomic mass is 35.5. The Morgan fingerprint density at radius 1 is 1.27 bits per heavy atom. The number of esters is 1. The number of anilines is 3. The first-order valence-corrected chi connectivity index (χ1v) is 8.81. The van der Waals surface area contributed by atoms with Crippen LogP contribution >= 0.6 is 11.6 Å². The Labute approximate surface area is 157 Å². The van der Waals surface area contributed by atoms with Gasteiger partial charge in [-0.25, -0.2) is 14.8 Å². The van der Waals surface area contributed by atoms with E-state index < -0.39 is 0 Å². The molecule has 8 heteroatoms. The molecule has 0 amide bonds. The zero-order valence-corrected chi connectivity index (χ0v) is 15.8. The minimum atomic E-state index is -0.324. The molecule has 3 rings (SSSR count). The molecule has 1 aromatic heterocycles. The highest BCUT2D eigenvalue weighted by Crippen LogP contribution is 2.31. The molecule has 0 radical (unpaired) electrons. The first-order chi connectivity index (χ1) is 12.5. The second-order valence-corrected chi connectivity index (χ2v) is 6.50. The fourth-order valence-corrected chi connectivity index (χ4v) is 3.44. The maximum absolute atomic E-state index is 11.6. The number of nitrogens with one attached hydrogen (secondary N) is 1. The summed E-state index contributed by atoms with van der Waals surface area (Å²) < 4.78 is 4.75. The van der Waals surface area contributed by atoms with Gasteiger partial charge in [-0.3, -0.25) is 0 Å². The second kappa shape index (κ2) is 7.78. The number of methoxy groups -OCH3 is 1. The lowest BCUT2D eigenvalue weighted by atomic mass is 10.1. The normalized spacial score (nSPS) is 17.2. The predicted octanol–water partition coefficient (Wildman–Crippen LogP) is 2.67. The number of halogens is 1. The van der Waals surface area contributed by atoms with E-state index >= 15 is 0 Å². The Balaban J connectivity index is 1.75. The van der Waals surface area contributed by atoms with Crippen molar-refractivity contribution in [3.8, 4) is 0 Å². The van der Waals surface area contributed by atoms with Gasteiger partial charge < -0.3 is 19.9 Å². The number of hydrogen-bond donors (Lipinski definition) is 1. The number of carbonyl (C=O) groups excluding carboxylic acids is 1. The fraction of sp³-hybridized carbons (Fsp3) is 0.389. The van der Waals surface area contributed by atoms with Crippen LogP contribution in [0.5, 0.6) is 0 Å². The van der Waals surface area contributed by atoms with Crippen molar-refractivity contribution in [2.45, 2.75) is 13.0 Å². The summed E-state index contributed by atoms with van der Waals surface area (Å²) in [5.74, 6) is 0.496. The van der Waals surface area contributed by atoms with E-state index in [0.29, 0.717) is 10.7 Å². The van der Waals surface area contributed by atoms with Crippen LogP contribution in [0.15, 0.2) is 30.6 Å². The largest absolute Gasteiger partial charge is 0.465 e. The number of rotatable bonds is 4. The number of nitrogens with zero attached hydrogens (tertiary/aromatic N) is 4. The molecule has 1 saturated heterocycles. The van der Waals surface area contributed by atoms with E-state index in [9.17, 15) is 4.79 Å². The molecule has 0 aliphatic carbocycles. The zero-order chi connectivity index (χ0) is 18.7. The molecule has 138 valence electrons. The molecule has 1 atom stereocenters. The van der Waals surface area contributed by atoms with Gasteiger partial charge in [0, 0.05) is 38.4 Å². The SMILES string of the molecule is CNc1c(Cl)ncnc1N1CCN(c2ccc(C(=O)OC)cc2)CC1C. The number of piperazine rings is 1. The first-order valence-electron chi connectivity index (χ1n) is 8.43. The molecule has 1 fully saturated rings. The third kappa shape index (κ3) is 3.53. The van der Waals surface area contributed by atoms with Crippen molar-refractivity contribution >= 4 is 34.8 Å². The van der Waals surface area contributed by atoms with Crippen LogP contribution in [0.25, 0.3) is 0 Å². The topological polar surface area (TPSA) is 70.6 Å². The Hall–Kier alpha value is -2.54. The van der Waals surface area contributed by atoms with Crippen molar-refractivity contribution in [3.05, 3.63) is 41.3 Å². The summed E-state index contributed by atoms with van der Waals surface area (Å²) >= 11 is 6.18. The minimum absolute atomic E-state index is 0.238. The van der Waals surface area contributed by atoms with Crippen LogP contribution in [0, 0.1) is 0 Å². The zero-order valence-electron chi connectivity index (χ0n) is 15.1. The summed E-state index contributed by atoms with van der Waals surface area (Å²) in [5, 5.41) is 3.51. The van der Waals surface area contributed by atoms with E-state index in [4.69, 9.17) is 16.3 Å². The van der Waals surface area contributed by atoms with Crippen molar-refractivity contribution in [2.24, 2.45) is 0 Å². The molecule has 2 aromatic rings. The first kappa shape index (κ1) is 18.3. The van der Waals surface area contributed by atoms with E-state index in [-0.39, 0.29) is 12.0 Å². The molecule has 1 N–H and O–H groups in total. The number of ether oxygens (including phenoxy) is 1. The van der Waals surface area contributed by atoms with Crippen LogP contribution in [0.1, 0.15) is 17.3 Å². The van der Waals surface area contributed by atoms with Crippen LogP contribution in [0.3, 0.4) is 0 Å². The molecule has 1 unspecified atom stereocenters. The van der Waals surface area contributed by atoms with Crippen molar-refractivity contribution in [1.29, 1.82) is 0 Å². The van der Waals surface area contributed by atoms with Crippen molar-refractivity contribution in [2.75, 3.05) is 48.9 Å². The lowest BCUT2D eigenvalue weighted by Gasteiger charge is -2.42. The molecule has 7 nitrogen and oxygen atoms in total. The molecule has 0 saturated carbocycles. The third-order valence-electron chi connectivity index (χ3n) is 4.58. The van der Waals surface area contributed by atoms with Gasteiger partial charge in [-0.2, -0.15) is 0 Å². The second-order valence-electron chi connectivity index (χ2n) is 6.14. The smallest absolute Gasteiger partial charge is 0.337 e. The van der Waals surface area contributed by atoms with Crippen molar-refractivity contribution < 1.29 is 9.53 Å². The van der Waals surface area contributed by atoms with Gasteiger partial charge in [0.1, 0.15) is 12.0 Å². The average molecular weight is 376 g/mol. The van der Waals surface area contributed by atoms with Crippen molar-refractivity contribution in [3.63, 3.8) is 0 Å². The standard InChI is InChI=1S/C18H22ClN5O2/c1-12-10-23(14-6-4-13(5-7-14)18(25)26-3)8-9-24(12)17-15(20-2)16(19)21-11-22-17/h4-7,11-12,20H,8-10H2,1-3H3. The number of benzene rings is 1. The highest BCUT2D eigenvalue weighted by molar-refractivity contribution is 6.32. The van der Waals surface area contributed by atoms with Crippen LogP contribution in [-0.4, -0.2) is 55.8 Å². The maximum Gasteiger partial charge on any atom is 0.337 e. The van der Waals surface area contributed by atoms with E-state index in [1.54, 1.807) is 12.1 Å². The molecule has 0 bridgehead atoms. The summed E-state index contributed by atoms with van der Waals surface area (Å²) in [6.45, 7) is 4.64. The lowest BCUT2D eigenvalue weighted by Crippen LogP contribution is -2.52. The molecule has 26 heavy (non-hydrogen) atoms. The molecular weight excluding hydrogens is 354 g/mol. The third-order valence-corrected chi connectivity index (χ3v) is 4.87. The van der Waals surface area contributed by atoms with Crippen LogP contribution in [0.2, 0.25) is 5.15 Å².